The van der Waals surface area contributed by atoms with Gasteiger partial charge in [-0.25, -0.2) is 13.2 Å². The third-order valence-corrected chi connectivity index (χ3v) is 5.04. The maximum atomic E-state index is 12.7. The number of carbonyl (C=O) groups excluding carboxylic acids is 1. The summed E-state index contributed by atoms with van der Waals surface area (Å²) in [4.78, 5) is 11.8. The van der Waals surface area contributed by atoms with E-state index in [2.05, 4.69) is 4.72 Å². The summed E-state index contributed by atoms with van der Waals surface area (Å²) in [5, 5.41) is 0. The van der Waals surface area contributed by atoms with Gasteiger partial charge in [-0.15, -0.1) is 0 Å². The highest BCUT2D eigenvalue weighted by atomic mass is 32.2. The Morgan fingerprint density at radius 2 is 1.64 bits per heavy atom. The summed E-state index contributed by atoms with van der Waals surface area (Å²) in [7, 11) is -3.75. The maximum absolute atomic E-state index is 12.7. The Bertz CT molecular complexity index is 850. The number of para-hydroxylation sites is 1. The molecular weight excluding hydrogens is 338 g/mol. The number of anilines is 1. The average Bonchev–Trinajstić information content (AvgIpc) is 2.54. The van der Waals surface area contributed by atoms with Crippen molar-refractivity contribution in [3.8, 4) is 0 Å². The first kappa shape index (κ1) is 19.0. The summed E-state index contributed by atoms with van der Waals surface area (Å²) in [6.45, 7) is 8.05. The molecule has 0 unspecified atom stereocenters. The summed E-state index contributed by atoms with van der Waals surface area (Å²) in [5.41, 5.74) is 1.56. The predicted octanol–water partition coefficient (Wildman–Crippen LogP) is 3.96. The Hall–Kier alpha value is -2.34. The second kappa shape index (κ2) is 7.27. The molecule has 134 valence electrons. The highest BCUT2D eigenvalue weighted by Crippen LogP contribution is 2.30. The molecule has 2 aromatic rings. The number of hydrogen-bond acceptors (Lipinski definition) is 4. The first-order chi connectivity index (χ1) is 11.6. The number of rotatable bonds is 5. The van der Waals surface area contributed by atoms with Crippen LogP contribution in [0.15, 0.2) is 53.4 Å². The van der Waals surface area contributed by atoms with Gasteiger partial charge in [0.1, 0.15) is 0 Å². The van der Waals surface area contributed by atoms with Crippen LogP contribution in [-0.4, -0.2) is 21.0 Å². The lowest BCUT2D eigenvalue weighted by molar-refractivity contribution is 0.0526. The highest BCUT2D eigenvalue weighted by Gasteiger charge is 2.22. The van der Waals surface area contributed by atoms with Crippen LogP contribution in [0, 0.1) is 0 Å². The zero-order valence-corrected chi connectivity index (χ0v) is 15.7. The standard InChI is InChI=1S/C19H23NO4S/c1-5-24-18(21)14-10-12-15(13-11-14)25(22,23)20-17-9-7-6-8-16(17)19(2,3)4/h6-13,20H,5H2,1-4H3. The lowest BCUT2D eigenvalue weighted by atomic mass is 9.86. The third kappa shape index (κ3) is 4.60. The van der Waals surface area contributed by atoms with Crippen LogP contribution in [0.2, 0.25) is 0 Å². The smallest absolute Gasteiger partial charge is 0.338 e. The number of benzene rings is 2. The number of carbonyl (C=O) groups is 1. The van der Waals surface area contributed by atoms with Crippen LogP contribution in [0.25, 0.3) is 0 Å². The molecule has 0 saturated heterocycles. The number of ether oxygens (including phenoxy) is 1. The van der Waals surface area contributed by atoms with Gasteiger partial charge in [0, 0.05) is 0 Å². The van der Waals surface area contributed by atoms with Crippen molar-refractivity contribution in [2.45, 2.75) is 38.0 Å². The van der Waals surface area contributed by atoms with Gasteiger partial charge in [-0.3, -0.25) is 4.72 Å². The molecule has 0 atom stereocenters. The van der Waals surface area contributed by atoms with Crippen molar-refractivity contribution >= 4 is 21.7 Å². The molecule has 0 spiro atoms. The van der Waals surface area contributed by atoms with E-state index in [1.165, 1.54) is 24.3 Å². The van der Waals surface area contributed by atoms with Crippen LogP contribution in [-0.2, 0) is 20.2 Å². The lowest BCUT2D eigenvalue weighted by Gasteiger charge is -2.23. The molecule has 0 heterocycles. The molecule has 0 saturated carbocycles. The van der Waals surface area contributed by atoms with E-state index >= 15 is 0 Å². The van der Waals surface area contributed by atoms with Crippen molar-refractivity contribution in [2.24, 2.45) is 0 Å². The molecule has 0 fully saturated rings. The van der Waals surface area contributed by atoms with E-state index in [9.17, 15) is 13.2 Å². The first-order valence-corrected chi connectivity index (χ1v) is 9.53. The minimum absolute atomic E-state index is 0.0873. The highest BCUT2D eigenvalue weighted by molar-refractivity contribution is 7.92. The summed E-state index contributed by atoms with van der Waals surface area (Å²) in [5.74, 6) is -0.475. The number of sulfonamides is 1. The molecule has 0 bridgehead atoms. The summed E-state index contributed by atoms with van der Waals surface area (Å²) >= 11 is 0. The average molecular weight is 361 g/mol. The van der Waals surface area contributed by atoms with Crippen molar-refractivity contribution in [1.29, 1.82) is 0 Å². The topological polar surface area (TPSA) is 72.5 Å². The minimum Gasteiger partial charge on any atom is -0.462 e. The molecule has 0 aliphatic rings. The Morgan fingerprint density at radius 1 is 1.04 bits per heavy atom. The second-order valence-corrected chi connectivity index (χ2v) is 8.33. The van der Waals surface area contributed by atoms with Gasteiger partial charge in [0.2, 0.25) is 0 Å². The van der Waals surface area contributed by atoms with Gasteiger partial charge in [0.05, 0.1) is 22.8 Å². The largest absolute Gasteiger partial charge is 0.462 e. The van der Waals surface area contributed by atoms with Gasteiger partial charge >= 0.3 is 5.97 Å². The fraction of sp³-hybridized carbons (Fsp3) is 0.316. The number of hydrogen-bond donors (Lipinski definition) is 1. The third-order valence-electron chi connectivity index (χ3n) is 3.66. The van der Waals surface area contributed by atoms with Crippen LogP contribution < -0.4 is 4.72 Å². The first-order valence-electron chi connectivity index (χ1n) is 8.04. The molecule has 0 amide bonds. The fourth-order valence-electron chi connectivity index (χ4n) is 2.41. The fourth-order valence-corrected chi connectivity index (χ4v) is 3.49. The zero-order chi connectivity index (χ0) is 18.7. The van der Waals surface area contributed by atoms with E-state index in [1.54, 1.807) is 19.1 Å². The molecule has 0 aliphatic heterocycles. The van der Waals surface area contributed by atoms with E-state index in [0.717, 1.165) is 5.56 Å². The van der Waals surface area contributed by atoms with Crippen molar-refractivity contribution in [3.05, 3.63) is 59.7 Å². The predicted molar refractivity (Wildman–Crippen MR) is 98.3 cm³/mol. The van der Waals surface area contributed by atoms with E-state index < -0.39 is 16.0 Å². The van der Waals surface area contributed by atoms with Gasteiger partial charge < -0.3 is 4.74 Å². The molecule has 0 aliphatic carbocycles. The minimum atomic E-state index is -3.75. The Morgan fingerprint density at radius 3 is 2.20 bits per heavy atom. The quantitative estimate of drug-likeness (QED) is 0.818. The van der Waals surface area contributed by atoms with Gasteiger partial charge in [-0.05, 0) is 48.2 Å². The van der Waals surface area contributed by atoms with E-state index in [1.807, 2.05) is 32.9 Å². The molecule has 5 nitrogen and oxygen atoms in total. The molecule has 1 N–H and O–H groups in total. The summed E-state index contributed by atoms with van der Waals surface area (Å²) in [6.07, 6.45) is 0. The van der Waals surface area contributed by atoms with Crippen LogP contribution in [0.4, 0.5) is 5.69 Å². The Kier molecular flexibility index (Phi) is 5.52. The monoisotopic (exact) mass is 361 g/mol. The summed E-state index contributed by atoms with van der Waals surface area (Å²) < 4.78 is 32.9. The van der Waals surface area contributed by atoms with Crippen LogP contribution in [0.1, 0.15) is 43.6 Å². The molecule has 0 radical (unpaired) electrons. The van der Waals surface area contributed by atoms with Crippen LogP contribution in [0.5, 0.6) is 0 Å². The number of esters is 1. The zero-order valence-electron chi connectivity index (χ0n) is 14.9. The van der Waals surface area contributed by atoms with Crippen LogP contribution >= 0.6 is 0 Å². The van der Waals surface area contributed by atoms with Gasteiger partial charge in [-0.1, -0.05) is 39.0 Å². The van der Waals surface area contributed by atoms with E-state index in [4.69, 9.17) is 4.74 Å². The maximum Gasteiger partial charge on any atom is 0.338 e. The Labute approximate surface area is 149 Å². The summed E-state index contributed by atoms with van der Waals surface area (Å²) in [6, 6.07) is 13.0. The molecular formula is C19H23NO4S. The molecule has 0 aromatic heterocycles. The van der Waals surface area contributed by atoms with Crippen molar-refractivity contribution in [1.82, 2.24) is 0 Å². The normalized spacial score (nSPS) is 11.8. The van der Waals surface area contributed by atoms with Gasteiger partial charge in [0.15, 0.2) is 0 Å². The second-order valence-electron chi connectivity index (χ2n) is 6.65. The van der Waals surface area contributed by atoms with Crippen LogP contribution in [0.3, 0.4) is 0 Å². The molecule has 2 aromatic carbocycles. The van der Waals surface area contributed by atoms with Gasteiger partial charge in [0.25, 0.3) is 10.0 Å². The van der Waals surface area contributed by atoms with E-state index in [-0.39, 0.29) is 16.9 Å². The van der Waals surface area contributed by atoms with Crippen molar-refractivity contribution in [2.75, 3.05) is 11.3 Å². The number of nitrogens with one attached hydrogen (secondary N) is 1. The SMILES string of the molecule is CCOC(=O)c1ccc(S(=O)(=O)Nc2ccccc2C(C)(C)C)cc1. The molecule has 2 rings (SSSR count). The van der Waals surface area contributed by atoms with Crippen molar-refractivity contribution in [3.63, 3.8) is 0 Å². The lowest BCUT2D eigenvalue weighted by Crippen LogP contribution is -2.19. The van der Waals surface area contributed by atoms with E-state index in [0.29, 0.717) is 11.3 Å². The molecule has 6 heteroatoms. The molecule has 25 heavy (non-hydrogen) atoms. The Balaban J connectivity index is 2.30. The van der Waals surface area contributed by atoms with Crippen molar-refractivity contribution < 1.29 is 17.9 Å². The van der Waals surface area contributed by atoms with Gasteiger partial charge in [-0.2, -0.15) is 0 Å².